The smallest absolute Gasteiger partial charge is 0.271 e. The van der Waals surface area contributed by atoms with Crippen LogP contribution in [0.25, 0.3) is 16.8 Å². The number of aromatic nitrogens is 3. The van der Waals surface area contributed by atoms with Crippen molar-refractivity contribution in [3.05, 3.63) is 114 Å². The lowest BCUT2D eigenvalue weighted by atomic mass is 9.91. The van der Waals surface area contributed by atoms with Gasteiger partial charge >= 0.3 is 0 Å². The van der Waals surface area contributed by atoms with E-state index in [1.54, 1.807) is 12.3 Å². The van der Waals surface area contributed by atoms with Gasteiger partial charge < -0.3 is 25.1 Å². The molecule has 1 saturated heterocycles. The first-order valence-corrected chi connectivity index (χ1v) is 17.7. The summed E-state index contributed by atoms with van der Waals surface area (Å²) in [4.78, 5) is 37.5. The second-order valence-corrected chi connectivity index (χ2v) is 14.0. The minimum Gasteiger partial charge on any atom is -0.438 e. The van der Waals surface area contributed by atoms with E-state index in [2.05, 4.69) is 68.9 Å². The highest BCUT2D eigenvalue weighted by atomic mass is 19.1. The molecule has 2 atom stereocenters. The molecular formula is C40H44FN7O3. The number of fused-ring (bicyclic) bond motifs is 1. The monoisotopic (exact) mass is 689 g/mol. The Balaban J connectivity index is 0.951. The summed E-state index contributed by atoms with van der Waals surface area (Å²) >= 11 is 0. The van der Waals surface area contributed by atoms with Crippen molar-refractivity contribution in [3.8, 4) is 22.8 Å². The highest BCUT2D eigenvalue weighted by molar-refractivity contribution is 5.96. The fraction of sp³-hybridized carbons (Fsp3) is 0.350. The largest absolute Gasteiger partial charge is 0.438 e. The number of benzene rings is 2. The molecule has 0 bridgehead atoms. The van der Waals surface area contributed by atoms with Crippen molar-refractivity contribution in [1.29, 1.82) is 0 Å². The summed E-state index contributed by atoms with van der Waals surface area (Å²) < 4.78 is 22.4. The number of hydrogen-bond donors (Lipinski definition) is 3. The standard InChI is InChI=1S/C40H44FN7O3/c1-25-21-47(22-26(2)43-25)23-28-10-12-29(13-11-28)30-7-5-8-34(18-30)51-40-35(19-31(41)20-42-40)38(49)44-32-14-16-33(17-15-32)45-39(50)36-24-48-27(3)6-4-9-37(48)46-36/h4-13,18-20,24-26,32-33,43H,14-17,21-23H2,1-3H3,(H,44,49)(H,45,50)/t25-,26+,32-,33-. The molecule has 1 aliphatic carbocycles. The Kier molecular flexibility index (Phi) is 10.1. The molecule has 2 fully saturated rings. The van der Waals surface area contributed by atoms with Gasteiger partial charge in [-0.3, -0.25) is 14.5 Å². The predicted molar refractivity (Wildman–Crippen MR) is 194 cm³/mol. The molecule has 3 N–H and O–H groups in total. The van der Waals surface area contributed by atoms with Gasteiger partial charge in [0.25, 0.3) is 11.8 Å². The Hall–Kier alpha value is -5.13. The molecule has 2 amide bonds. The second kappa shape index (κ2) is 15.0. The van der Waals surface area contributed by atoms with Gasteiger partial charge in [-0.1, -0.05) is 42.5 Å². The van der Waals surface area contributed by atoms with Crippen LogP contribution in [0, 0.1) is 12.7 Å². The molecular weight excluding hydrogens is 645 g/mol. The van der Waals surface area contributed by atoms with Crippen molar-refractivity contribution >= 4 is 17.5 Å². The number of nitrogens with zero attached hydrogens (tertiary/aromatic N) is 4. The van der Waals surface area contributed by atoms with Gasteiger partial charge in [0.05, 0.1) is 6.20 Å². The first-order chi connectivity index (χ1) is 24.7. The molecule has 3 aromatic heterocycles. The number of carbonyl (C=O) groups is 2. The number of carbonyl (C=O) groups excluding carboxylic acids is 2. The van der Waals surface area contributed by atoms with Crippen molar-refractivity contribution in [1.82, 2.24) is 35.2 Å². The van der Waals surface area contributed by atoms with Crippen LogP contribution in [0.2, 0.25) is 0 Å². The molecule has 2 aliphatic rings. The maximum atomic E-state index is 14.4. The van der Waals surface area contributed by atoms with E-state index in [0.717, 1.165) is 54.4 Å². The number of aryl methyl sites for hydroxylation is 1. The van der Waals surface area contributed by atoms with Gasteiger partial charge in [-0.15, -0.1) is 0 Å². The zero-order chi connectivity index (χ0) is 35.5. The Morgan fingerprint density at radius 1 is 0.882 bits per heavy atom. The van der Waals surface area contributed by atoms with Gasteiger partial charge in [-0.25, -0.2) is 14.4 Å². The molecule has 11 heteroatoms. The Morgan fingerprint density at radius 2 is 1.57 bits per heavy atom. The number of hydrogen-bond acceptors (Lipinski definition) is 7. The van der Waals surface area contributed by atoms with Crippen LogP contribution < -0.4 is 20.7 Å². The summed E-state index contributed by atoms with van der Waals surface area (Å²) in [6.45, 7) is 9.36. The van der Waals surface area contributed by atoms with Crippen molar-refractivity contribution in [3.63, 3.8) is 0 Å². The highest BCUT2D eigenvalue weighted by Crippen LogP contribution is 2.30. The molecule has 10 nitrogen and oxygen atoms in total. The molecule has 5 aromatic rings. The van der Waals surface area contributed by atoms with E-state index in [9.17, 15) is 14.0 Å². The summed E-state index contributed by atoms with van der Waals surface area (Å²) in [5.41, 5.74) is 5.38. The minimum atomic E-state index is -0.625. The Bertz CT molecular complexity index is 2010. The van der Waals surface area contributed by atoms with Crippen molar-refractivity contribution in [2.24, 2.45) is 0 Å². The maximum absolute atomic E-state index is 14.4. The SMILES string of the molecule is Cc1cccc2nc(C(=O)N[C@H]3CC[C@H](NC(=O)c4cc(F)cnc4Oc4cccc(-c5ccc(CN6C[C@@H](C)N[C@@H](C)C6)cc5)c4)CC3)cn12. The number of ether oxygens (including phenoxy) is 1. The normalized spacial score (nSPS) is 20.9. The van der Waals surface area contributed by atoms with E-state index in [-0.39, 0.29) is 29.4 Å². The first kappa shape index (κ1) is 34.3. The van der Waals surface area contributed by atoms with Gasteiger partial charge in [0, 0.05) is 55.7 Å². The second-order valence-electron chi connectivity index (χ2n) is 14.0. The molecule has 0 radical (unpaired) electrons. The van der Waals surface area contributed by atoms with E-state index in [1.807, 2.05) is 47.7 Å². The number of amides is 2. The summed E-state index contributed by atoms with van der Waals surface area (Å²) in [5.74, 6) is -0.770. The van der Waals surface area contributed by atoms with Crippen LogP contribution in [0.5, 0.6) is 11.6 Å². The third kappa shape index (κ3) is 8.27. The van der Waals surface area contributed by atoms with Gasteiger partial charge in [0.2, 0.25) is 5.88 Å². The van der Waals surface area contributed by atoms with Crippen molar-refractivity contribution in [2.75, 3.05) is 13.1 Å². The zero-order valence-electron chi connectivity index (χ0n) is 29.2. The van der Waals surface area contributed by atoms with Gasteiger partial charge in [-0.05, 0) is 93.5 Å². The number of pyridine rings is 2. The van der Waals surface area contributed by atoms with E-state index in [0.29, 0.717) is 49.2 Å². The van der Waals surface area contributed by atoms with Crippen LogP contribution in [0.15, 0.2) is 85.2 Å². The maximum Gasteiger partial charge on any atom is 0.271 e. The fourth-order valence-electron chi connectivity index (χ4n) is 7.31. The molecule has 51 heavy (non-hydrogen) atoms. The van der Waals surface area contributed by atoms with Crippen LogP contribution in [-0.2, 0) is 6.54 Å². The quantitative estimate of drug-likeness (QED) is 0.167. The van der Waals surface area contributed by atoms with Crippen LogP contribution in [-0.4, -0.2) is 68.3 Å². The Labute approximate surface area is 297 Å². The van der Waals surface area contributed by atoms with E-state index in [1.165, 1.54) is 5.56 Å². The molecule has 264 valence electrons. The van der Waals surface area contributed by atoms with Gasteiger partial charge in [0.1, 0.15) is 28.5 Å². The first-order valence-electron chi connectivity index (χ1n) is 17.7. The molecule has 0 spiro atoms. The summed E-state index contributed by atoms with van der Waals surface area (Å²) in [7, 11) is 0. The summed E-state index contributed by atoms with van der Waals surface area (Å²) in [6, 6.07) is 23.8. The third-order valence-electron chi connectivity index (χ3n) is 9.76. The lowest BCUT2D eigenvalue weighted by Crippen LogP contribution is -2.53. The van der Waals surface area contributed by atoms with Crippen LogP contribution in [0.4, 0.5) is 4.39 Å². The molecule has 1 saturated carbocycles. The van der Waals surface area contributed by atoms with E-state index >= 15 is 0 Å². The van der Waals surface area contributed by atoms with E-state index in [4.69, 9.17) is 4.74 Å². The topological polar surface area (TPSA) is 113 Å². The van der Waals surface area contributed by atoms with Crippen LogP contribution >= 0.6 is 0 Å². The lowest BCUT2D eigenvalue weighted by molar-refractivity contribution is 0.0888. The number of imidazole rings is 1. The Morgan fingerprint density at radius 3 is 2.27 bits per heavy atom. The third-order valence-corrected chi connectivity index (χ3v) is 9.76. The molecule has 4 heterocycles. The fourth-order valence-corrected chi connectivity index (χ4v) is 7.31. The van der Waals surface area contributed by atoms with Crippen molar-refractivity contribution < 1.29 is 18.7 Å². The van der Waals surface area contributed by atoms with Crippen LogP contribution in [0.3, 0.4) is 0 Å². The summed E-state index contributed by atoms with van der Waals surface area (Å²) in [5, 5.41) is 9.71. The molecule has 0 unspecified atom stereocenters. The van der Waals surface area contributed by atoms with Crippen molar-refractivity contribution in [2.45, 2.75) is 77.2 Å². The highest BCUT2D eigenvalue weighted by Gasteiger charge is 2.27. The minimum absolute atomic E-state index is 0.0267. The number of rotatable bonds is 9. The average molecular weight is 690 g/mol. The average Bonchev–Trinajstić information content (AvgIpc) is 3.56. The zero-order valence-corrected chi connectivity index (χ0v) is 29.2. The number of halogens is 1. The lowest BCUT2D eigenvalue weighted by Gasteiger charge is -2.36. The van der Waals surface area contributed by atoms with E-state index < -0.39 is 11.7 Å². The number of nitrogens with one attached hydrogen (secondary N) is 3. The number of piperazine rings is 1. The van der Waals surface area contributed by atoms with Gasteiger partial charge in [0.15, 0.2) is 0 Å². The predicted octanol–water partition coefficient (Wildman–Crippen LogP) is 6.29. The van der Waals surface area contributed by atoms with Crippen LogP contribution in [0.1, 0.15) is 71.6 Å². The molecule has 1 aliphatic heterocycles. The summed E-state index contributed by atoms with van der Waals surface area (Å²) in [6.07, 6.45) is 5.50. The van der Waals surface area contributed by atoms with Gasteiger partial charge in [-0.2, -0.15) is 0 Å². The molecule has 2 aromatic carbocycles. The molecule has 7 rings (SSSR count).